The fourth-order valence-electron chi connectivity index (χ4n) is 1.88. The van der Waals surface area contributed by atoms with Crippen molar-refractivity contribution >= 4 is 18.0 Å². The first-order valence-electron chi connectivity index (χ1n) is 6.72. The van der Waals surface area contributed by atoms with E-state index in [1.807, 2.05) is 0 Å². The zero-order valence-corrected chi connectivity index (χ0v) is 13.0. The van der Waals surface area contributed by atoms with Crippen LogP contribution in [0.3, 0.4) is 0 Å². The molecule has 7 nitrogen and oxygen atoms in total. The fourth-order valence-corrected chi connectivity index (χ4v) is 1.88. The van der Waals surface area contributed by atoms with Gasteiger partial charge in [-0.1, -0.05) is 0 Å². The van der Waals surface area contributed by atoms with Crippen molar-refractivity contribution in [3.63, 3.8) is 0 Å². The van der Waals surface area contributed by atoms with E-state index in [0.29, 0.717) is 11.4 Å². The van der Waals surface area contributed by atoms with E-state index < -0.39 is 11.9 Å². The van der Waals surface area contributed by atoms with E-state index in [1.165, 1.54) is 13.2 Å². The number of aryl methyl sites for hydroxylation is 1. The minimum absolute atomic E-state index is 0.160. The zero-order valence-electron chi connectivity index (χ0n) is 13.0. The monoisotopic (exact) mass is 306 g/mol. The molecule has 0 saturated heterocycles. The predicted octanol–water partition coefficient (Wildman–Crippen LogP) is 1.98. The smallest absolute Gasteiger partial charge is 0.348 e. The van der Waals surface area contributed by atoms with Gasteiger partial charge in [0.05, 0.1) is 26.0 Å². The molecule has 0 aliphatic heterocycles. The average Bonchev–Trinajstić information content (AvgIpc) is 2.80. The van der Waals surface area contributed by atoms with E-state index in [1.54, 1.807) is 26.8 Å². The number of H-pyrrole nitrogens is 1. The number of nitrogens with one attached hydrogen (secondary N) is 1. The number of aromatic nitrogens is 1. The third kappa shape index (κ3) is 3.67. The molecule has 0 radical (unpaired) electrons. The molecule has 0 saturated carbocycles. The first-order valence-corrected chi connectivity index (χ1v) is 6.72. The molecule has 1 aromatic rings. The van der Waals surface area contributed by atoms with Crippen LogP contribution in [0.2, 0.25) is 0 Å². The van der Waals surface area contributed by atoms with Gasteiger partial charge in [-0.2, -0.15) is 5.26 Å². The van der Waals surface area contributed by atoms with E-state index >= 15 is 0 Å². The van der Waals surface area contributed by atoms with Gasteiger partial charge in [-0.15, -0.1) is 0 Å². The average molecular weight is 306 g/mol. The van der Waals surface area contributed by atoms with Crippen molar-refractivity contribution in [1.82, 2.24) is 4.98 Å². The fraction of sp³-hybridized carbons (Fsp3) is 0.400. The van der Waals surface area contributed by atoms with E-state index in [2.05, 4.69) is 4.98 Å². The predicted molar refractivity (Wildman–Crippen MR) is 78.3 cm³/mol. The van der Waals surface area contributed by atoms with Crippen molar-refractivity contribution in [3.05, 3.63) is 22.5 Å². The molecule has 0 fully saturated rings. The molecule has 0 atom stereocenters. The van der Waals surface area contributed by atoms with Gasteiger partial charge in [0.15, 0.2) is 5.75 Å². The molecular weight excluding hydrogens is 288 g/mol. The van der Waals surface area contributed by atoms with Gasteiger partial charge in [0.1, 0.15) is 17.2 Å². The van der Waals surface area contributed by atoms with Crippen LogP contribution in [0, 0.1) is 18.3 Å². The number of rotatable bonds is 6. The standard InChI is InChI=1S/C15H18N2O5/c1-5-21-14(18)10(8-16)7-11-13(20-4)12(9(3)17-11)15(19)22-6-2/h7,17H,5-6H2,1-4H3/b10-7-. The van der Waals surface area contributed by atoms with Gasteiger partial charge in [0, 0.05) is 5.69 Å². The number of nitrogens with zero attached hydrogens (tertiary/aromatic N) is 1. The molecule has 1 heterocycles. The van der Waals surface area contributed by atoms with Crippen LogP contribution in [-0.2, 0) is 14.3 Å². The summed E-state index contributed by atoms with van der Waals surface area (Å²) >= 11 is 0. The Morgan fingerprint density at radius 1 is 1.27 bits per heavy atom. The topological polar surface area (TPSA) is 101 Å². The summed E-state index contributed by atoms with van der Waals surface area (Å²) in [6.07, 6.45) is 1.28. The van der Waals surface area contributed by atoms with Crippen LogP contribution in [0.5, 0.6) is 5.75 Å². The zero-order chi connectivity index (χ0) is 16.7. The van der Waals surface area contributed by atoms with Crippen LogP contribution in [0.25, 0.3) is 6.08 Å². The first kappa shape index (κ1) is 17.3. The highest BCUT2D eigenvalue weighted by atomic mass is 16.5. The number of carbonyl (C=O) groups is 2. The molecule has 1 aromatic heterocycles. The minimum atomic E-state index is -0.739. The number of esters is 2. The van der Waals surface area contributed by atoms with Crippen LogP contribution >= 0.6 is 0 Å². The SMILES string of the molecule is CCOC(=O)/C(C#N)=C\c1[nH]c(C)c(C(=O)OCC)c1OC. The van der Waals surface area contributed by atoms with Gasteiger partial charge in [-0.3, -0.25) is 0 Å². The molecule has 0 aromatic carbocycles. The van der Waals surface area contributed by atoms with E-state index in [4.69, 9.17) is 19.5 Å². The lowest BCUT2D eigenvalue weighted by Crippen LogP contribution is -2.07. The maximum atomic E-state index is 12.0. The summed E-state index contributed by atoms with van der Waals surface area (Å²) < 4.78 is 15.0. The Kier molecular flexibility index (Phi) is 6.20. The van der Waals surface area contributed by atoms with Crippen molar-refractivity contribution in [3.8, 4) is 11.8 Å². The lowest BCUT2D eigenvalue weighted by molar-refractivity contribution is -0.137. The Bertz CT molecular complexity index is 637. The van der Waals surface area contributed by atoms with Crippen LogP contribution in [0.15, 0.2) is 5.57 Å². The van der Waals surface area contributed by atoms with Gasteiger partial charge in [-0.25, -0.2) is 9.59 Å². The summed E-state index contributed by atoms with van der Waals surface area (Å²) in [5, 5.41) is 9.05. The summed E-state index contributed by atoms with van der Waals surface area (Å²) in [5.41, 5.74) is 0.879. The number of hydrogen-bond acceptors (Lipinski definition) is 6. The second kappa shape index (κ2) is 7.88. The van der Waals surface area contributed by atoms with Crippen LogP contribution in [-0.4, -0.2) is 37.2 Å². The van der Waals surface area contributed by atoms with Crippen molar-refractivity contribution in [2.45, 2.75) is 20.8 Å². The molecule has 0 unspecified atom stereocenters. The van der Waals surface area contributed by atoms with E-state index in [0.717, 1.165) is 0 Å². The molecule has 0 spiro atoms. The van der Waals surface area contributed by atoms with Crippen molar-refractivity contribution in [1.29, 1.82) is 5.26 Å². The van der Waals surface area contributed by atoms with Crippen molar-refractivity contribution in [2.75, 3.05) is 20.3 Å². The highest BCUT2D eigenvalue weighted by molar-refractivity contribution is 6.00. The number of hydrogen-bond donors (Lipinski definition) is 1. The number of aromatic amines is 1. The first-order chi connectivity index (χ1) is 10.5. The van der Waals surface area contributed by atoms with Gasteiger partial charge in [0.25, 0.3) is 0 Å². The molecule has 0 aliphatic carbocycles. The third-order valence-electron chi connectivity index (χ3n) is 2.76. The Morgan fingerprint density at radius 3 is 2.41 bits per heavy atom. The number of carbonyl (C=O) groups excluding carboxylic acids is 2. The highest BCUT2D eigenvalue weighted by Gasteiger charge is 2.23. The summed E-state index contributed by atoms with van der Waals surface area (Å²) in [7, 11) is 1.39. The third-order valence-corrected chi connectivity index (χ3v) is 2.76. The number of methoxy groups -OCH3 is 1. The molecule has 7 heteroatoms. The minimum Gasteiger partial charge on any atom is -0.494 e. The van der Waals surface area contributed by atoms with Gasteiger partial charge in [0.2, 0.25) is 0 Å². The summed E-state index contributed by atoms with van der Waals surface area (Å²) in [4.78, 5) is 26.5. The quantitative estimate of drug-likeness (QED) is 0.490. The maximum absolute atomic E-state index is 12.0. The molecule has 1 rings (SSSR count). The second-order valence-electron chi connectivity index (χ2n) is 4.18. The Labute approximate surface area is 128 Å². The lowest BCUT2D eigenvalue weighted by atomic mass is 10.2. The number of nitriles is 1. The van der Waals surface area contributed by atoms with Gasteiger partial charge >= 0.3 is 11.9 Å². The van der Waals surface area contributed by atoms with Crippen LogP contribution in [0.1, 0.15) is 35.6 Å². The Morgan fingerprint density at radius 2 is 1.91 bits per heavy atom. The van der Waals surface area contributed by atoms with Crippen molar-refractivity contribution in [2.24, 2.45) is 0 Å². The second-order valence-corrected chi connectivity index (χ2v) is 4.18. The maximum Gasteiger partial charge on any atom is 0.348 e. The van der Waals surface area contributed by atoms with Crippen molar-refractivity contribution < 1.29 is 23.8 Å². The van der Waals surface area contributed by atoms with Crippen LogP contribution < -0.4 is 4.74 Å². The Balaban J connectivity index is 3.32. The lowest BCUT2D eigenvalue weighted by Gasteiger charge is -2.05. The molecule has 0 aliphatic rings. The Hall–Kier alpha value is -2.75. The summed E-state index contributed by atoms with van der Waals surface area (Å²) in [6, 6.07) is 1.76. The normalized spacial score (nSPS) is 10.8. The van der Waals surface area contributed by atoms with E-state index in [-0.39, 0.29) is 30.1 Å². The molecule has 22 heavy (non-hydrogen) atoms. The van der Waals surface area contributed by atoms with Gasteiger partial charge < -0.3 is 19.2 Å². The van der Waals surface area contributed by atoms with Gasteiger partial charge in [-0.05, 0) is 26.8 Å². The molecule has 0 bridgehead atoms. The largest absolute Gasteiger partial charge is 0.494 e. The number of ether oxygens (including phenoxy) is 3. The summed E-state index contributed by atoms with van der Waals surface area (Å²) in [5.74, 6) is -1.06. The molecule has 1 N–H and O–H groups in total. The van der Waals surface area contributed by atoms with E-state index in [9.17, 15) is 9.59 Å². The highest BCUT2D eigenvalue weighted by Crippen LogP contribution is 2.29. The molecular formula is C15H18N2O5. The molecule has 118 valence electrons. The van der Waals surface area contributed by atoms with Crippen LogP contribution in [0.4, 0.5) is 0 Å². The molecule has 0 amide bonds. The summed E-state index contributed by atoms with van der Waals surface area (Å²) in [6.45, 7) is 5.40.